The van der Waals surface area contributed by atoms with Crippen molar-refractivity contribution in [2.75, 3.05) is 25.0 Å². The molecule has 0 unspecified atom stereocenters. The van der Waals surface area contributed by atoms with E-state index >= 15 is 0 Å². The molecule has 1 aliphatic rings. The number of allylic oxidation sites excluding steroid dienone is 1. The number of piperidine rings is 1. The van der Waals surface area contributed by atoms with E-state index in [4.69, 9.17) is 0 Å². The summed E-state index contributed by atoms with van der Waals surface area (Å²) in [6.07, 6.45) is 12.4. The van der Waals surface area contributed by atoms with Gasteiger partial charge in [0, 0.05) is 48.1 Å². The van der Waals surface area contributed by atoms with E-state index < -0.39 is 0 Å². The molecule has 3 aromatic heterocycles. The molecule has 33 heavy (non-hydrogen) atoms. The zero-order valence-electron chi connectivity index (χ0n) is 19.0. The van der Waals surface area contributed by atoms with Crippen LogP contribution < -0.4 is 5.32 Å². The molecule has 0 atom stereocenters. The lowest BCUT2D eigenvalue weighted by Gasteiger charge is -2.30. The predicted molar refractivity (Wildman–Crippen MR) is 131 cm³/mol. The van der Waals surface area contributed by atoms with E-state index in [9.17, 15) is 4.79 Å². The maximum atomic E-state index is 12.9. The number of amidine groups is 1. The van der Waals surface area contributed by atoms with Crippen LogP contribution >= 0.6 is 0 Å². The summed E-state index contributed by atoms with van der Waals surface area (Å²) in [5.74, 6) is 1.18. The molecule has 3 aromatic rings. The maximum Gasteiger partial charge on any atom is 0.228 e. The first-order valence-electron chi connectivity index (χ1n) is 11.0. The van der Waals surface area contributed by atoms with E-state index in [1.165, 1.54) is 0 Å². The largest absolute Gasteiger partial charge is 0.310 e. The standard InChI is InChI=1S/C24H28N8O/c1-4-7-26-23(25-2)16-32-8-5-17(6-9-32)24(33)30-22-11-18-10-19(12-27-21(18)14-28-22)20-13-29-31(3)15-20/h4,7,10-15,17H,2,5-6,8-9,16H2,1,3H3,(H,28,30,33)/b7-4-,26-23-. The molecule has 1 N–H and O–H groups in total. The third-order valence-corrected chi connectivity index (χ3v) is 5.74. The number of aliphatic imine (C=N–C) groups is 2. The van der Waals surface area contributed by atoms with Gasteiger partial charge >= 0.3 is 0 Å². The molecule has 170 valence electrons. The summed E-state index contributed by atoms with van der Waals surface area (Å²) < 4.78 is 1.76. The summed E-state index contributed by atoms with van der Waals surface area (Å²) >= 11 is 0. The average molecular weight is 445 g/mol. The predicted octanol–water partition coefficient (Wildman–Crippen LogP) is 3.31. The van der Waals surface area contributed by atoms with E-state index in [1.807, 2.05) is 44.6 Å². The summed E-state index contributed by atoms with van der Waals surface area (Å²) in [6, 6.07) is 3.91. The van der Waals surface area contributed by atoms with Crippen molar-refractivity contribution in [1.29, 1.82) is 0 Å². The van der Waals surface area contributed by atoms with Crippen molar-refractivity contribution in [3.8, 4) is 11.1 Å². The minimum absolute atomic E-state index is 0.00234. The number of aryl methyl sites for hydroxylation is 1. The van der Waals surface area contributed by atoms with Crippen molar-refractivity contribution in [3.05, 3.63) is 49.2 Å². The highest BCUT2D eigenvalue weighted by Crippen LogP contribution is 2.24. The number of amides is 1. The lowest BCUT2D eigenvalue weighted by atomic mass is 9.96. The molecule has 9 heteroatoms. The molecular formula is C24H28N8O. The van der Waals surface area contributed by atoms with Crippen LogP contribution in [0.5, 0.6) is 0 Å². The number of aromatic nitrogens is 4. The SMILES string of the molecule is C=N/C(CN1CCC(C(=O)Nc2cc3cc(-c4cnn(C)c4)cnc3cn2)CC1)=N\C=C/C. The van der Waals surface area contributed by atoms with Gasteiger partial charge in [0.15, 0.2) is 0 Å². The number of likely N-dealkylation sites (tertiary alicyclic amines) is 1. The van der Waals surface area contributed by atoms with Gasteiger partial charge in [-0.1, -0.05) is 6.08 Å². The second-order valence-corrected chi connectivity index (χ2v) is 8.11. The van der Waals surface area contributed by atoms with Crippen LogP contribution in [-0.2, 0) is 11.8 Å². The minimum atomic E-state index is -0.0498. The number of carbonyl (C=O) groups excluding carboxylic acids is 1. The quantitative estimate of drug-likeness (QED) is 0.464. The molecule has 0 aliphatic carbocycles. The lowest BCUT2D eigenvalue weighted by molar-refractivity contribution is -0.121. The highest BCUT2D eigenvalue weighted by atomic mass is 16.1. The normalized spacial score (nSPS) is 15.9. The number of hydrogen-bond donors (Lipinski definition) is 1. The van der Waals surface area contributed by atoms with E-state index in [-0.39, 0.29) is 11.8 Å². The van der Waals surface area contributed by atoms with Gasteiger partial charge in [0.2, 0.25) is 5.91 Å². The van der Waals surface area contributed by atoms with Crippen LogP contribution in [0.3, 0.4) is 0 Å². The van der Waals surface area contributed by atoms with Crippen molar-refractivity contribution in [3.63, 3.8) is 0 Å². The summed E-state index contributed by atoms with van der Waals surface area (Å²) in [6.45, 7) is 7.77. The van der Waals surface area contributed by atoms with Gasteiger partial charge in [-0.25, -0.2) is 15.0 Å². The Morgan fingerprint density at radius 3 is 2.73 bits per heavy atom. The van der Waals surface area contributed by atoms with Crippen molar-refractivity contribution in [1.82, 2.24) is 24.6 Å². The molecule has 1 saturated heterocycles. The minimum Gasteiger partial charge on any atom is -0.310 e. The smallest absolute Gasteiger partial charge is 0.228 e. The Labute approximate surface area is 193 Å². The van der Waals surface area contributed by atoms with Gasteiger partial charge in [0.05, 0.1) is 24.5 Å². The summed E-state index contributed by atoms with van der Waals surface area (Å²) in [4.78, 5) is 32.3. The fourth-order valence-corrected chi connectivity index (χ4v) is 3.90. The molecule has 0 spiro atoms. The van der Waals surface area contributed by atoms with E-state index in [0.717, 1.165) is 48.0 Å². The number of rotatable bonds is 6. The Morgan fingerprint density at radius 2 is 2.03 bits per heavy atom. The van der Waals surface area contributed by atoms with Crippen LogP contribution in [0.1, 0.15) is 19.8 Å². The molecule has 0 aromatic carbocycles. The molecule has 1 fully saturated rings. The number of nitrogens with one attached hydrogen (secondary N) is 1. The monoisotopic (exact) mass is 444 g/mol. The second kappa shape index (κ2) is 10.3. The zero-order valence-corrected chi connectivity index (χ0v) is 19.0. The summed E-state index contributed by atoms with van der Waals surface area (Å²) in [7, 11) is 1.88. The average Bonchev–Trinajstić information content (AvgIpc) is 3.28. The summed E-state index contributed by atoms with van der Waals surface area (Å²) in [5.41, 5.74) is 2.74. The number of fused-ring (bicyclic) bond motifs is 1. The van der Waals surface area contributed by atoms with Crippen LogP contribution in [0.15, 0.2) is 59.2 Å². The number of hydrogen-bond acceptors (Lipinski definition) is 6. The molecule has 1 amide bonds. The molecule has 9 nitrogen and oxygen atoms in total. The van der Waals surface area contributed by atoms with Gasteiger partial charge in [0.25, 0.3) is 0 Å². The Balaban J connectivity index is 1.38. The fraction of sp³-hybridized carbons (Fsp3) is 0.333. The van der Waals surface area contributed by atoms with Crippen molar-refractivity contribution >= 4 is 35.2 Å². The Bertz CT molecular complexity index is 1200. The van der Waals surface area contributed by atoms with Crippen LogP contribution in [0.25, 0.3) is 22.0 Å². The van der Waals surface area contributed by atoms with Gasteiger partial charge < -0.3 is 5.32 Å². The number of carbonyl (C=O) groups is 1. The van der Waals surface area contributed by atoms with Crippen LogP contribution in [0.2, 0.25) is 0 Å². The molecule has 4 rings (SSSR count). The second-order valence-electron chi connectivity index (χ2n) is 8.11. The first-order chi connectivity index (χ1) is 16.1. The van der Waals surface area contributed by atoms with Gasteiger partial charge in [-0.05, 0) is 51.7 Å². The van der Waals surface area contributed by atoms with Crippen molar-refractivity contribution in [2.45, 2.75) is 19.8 Å². The Morgan fingerprint density at radius 1 is 1.21 bits per heavy atom. The van der Waals surface area contributed by atoms with Crippen LogP contribution in [0.4, 0.5) is 5.82 Å². The number of nitrogens with zero attached hydrogens (tertiary/aromatic N) is 7. The molecule has 0 radical (unpaired) electrons. The fourth-order valence-electron chi connectivity index (χ4n) is 3.90. The third kappa shape index (κ3) is 5.56. The highest BCUT2D eigenvalue weighted by Gasteiger charge is 2.25. The van der Waals surface area contributed by atoms with Crippen LogP contribution in [-0.4, -0.2) is 62.7 Å². The van der Waals surface area contributed by atoms with Gasteiger partial charge in [-0.15, -0.1) is 0 Å². The summed E-state index contributed by atoms with van der Waals surface area (Å²) in [5, 5.41) is 8.12. The number of pyridine rings is 2. The third-order valence-electron chi connectivity index (χ3n) is 5.74. The maximum absolute atomic E-state index is 12.9. The molecular weight excluding hydrogens is 416 g/mol. The number of anilines is 1. The zero-order chi connectivity index (χ0) is 23.2. The van der Waals surface area contributed by atoms with Gasteiger partial charge in [-0.2, -0.15) is 5.10 Å². The molecule has 4 heterocycles. The van der Waals surface area contributed by atoms with E-state index in [2.05, 4.69) is 42.0 Å². The Hall–Kier alpha value is -3.72. The van der Waals surface area contributed by atoms with Gasteiger partial charge in [0.1, 0.15) is 11.7 Å². The highest BCUT2D eigenvalue weighted by molar-refractivity contribution is 5.94. The van der Waals surface area contributed by atoms with Crippen molar-refractivity contribution < 1.29 is 4.79 Å². The topological polar surface area (TPSA) is 101 Å². The molecule has 1 aliphatic heterocycles. The van der Waals surface area contributed by atoms with Crippen LogP contribution in [0, 0.1) is 5.92 Å². The van der Waals surface area contributed by atoms with E-state index in [1.54, 1.807) is 23.3 Å². The van der Waals surface area contributed by atoms with E-state index in [0.29, 0.717) is 18.2 Å². The first kappa shape index (κ1) is 22.5. The lowest BCUT2D eigenvalue weighted by Crippen LogP contribution is -2.40. The first-order valence-corrected chi connectivity index (χ1v) is 11.0. The van der Waals surface area contributed by atoms with Crippen molar-refractivity contribution in [2.24, 2.45) is 23.0 Å². The molecule has 0 bridgehead atoms. The Kier molecular flexibility index (Phi) is 6.99. The molecule has 0 saturated carbocycles. The van der Waals surface area contributed by atoms with Gasteiger partial charge in [-0.3, -0.25) is 19.4 Å².